The molecule has 1 aliphatic carbocycles. The summed E-state index contributed by atoms with van der Waals surface area (Å²) in [7, 11) is 0. The lowest BCUT2D eigenvalue weighted by Gasteiger charge is -2.22. The summed E-state index contributed by atoms with van der Waals surface area (Å²) in [5.74, 6) is -0.230. The van der Waals surface area contributed by atoms with Gasteiger partial charge in [0.05, 0.1) is 0 Å². The first-order valence-corrected chi connectivity index (χ1v) is 8.63. The van der Waals surface area contributed by atoms with Crippen molar-refractivity contribution in [3.05, 3.63) is 0 Å². The van der Waals surface area contributed by atoms with Gasteiger partial charge in [0.1, 0.15) is 6.04 Å². The highest BCUT2D eigenvalue weighted by molar-refractivity contribution is 5.89. The standard InChI is InChI=1S/C17H33N3O2.ClH/c1-13(20-16(22)17(2,3)4)15(21)19-12-11-18-14-9-7-5-6-8-10-14;/h13-14,18H,5-12H2,1-4H3,(H,19,21)(H,20,22);1H. The van der Waals surface area contributed by atoms with Gasteiger partial charge in [0, 0.05) is 24.5 Å². The van der Waals surface area contributed by atoms with Gasteiger partial charge < -0.3 is 16.0 Å². The second-order valence-corrected chi connectivity index (χ2v) is 7.38. The van der Waals surface area contributed by atoms with Crippen LogP contribution in [0.1, 0.15) is 66.2 Å². The van der Waals surface area contributed by atoms with Crippen LogP contribution < -0.4 is 16.0 Å². The van der Waals surface area contributed by atoms with E-state index in [0.29, 0.717) is 12.6 Å². The minimum Gasteiger partial charge on any atom is -0.353 e. The maximum atomic E-state index is 12.0. The number of hydrogen-bond donors (Lipinski definition) is 3. The van der Waals surface area contributed by atoms with E-state index in [2.05, 4.69) is 16.0 Å². The highest BCUT2D eigenvalue weighted by Gasteiger charge is 2.24. The number of carbonyl (C=O) groups excluding carboxylic acids is 2. The van der Waals surface area contributed by atoms with E-state index in [1.807, 2.05) is 20.8 Å². The normalized spacial score (nSPS) is 17.6. The second kappa shape index (κ2) is 10.9. The Morgan fingerprint density at radius 3 is 2.13 bits per heavy atom. The summed E-state index contributed by atoms with van der Waals surface area (Å²) < 4.78 is 0. The van der Waals surface area contributed by atoms with Crippen molar-refractivity contribution in [1.82, 2.24) is 16.0 Å². The van der Waals surface area contributed by atoms with E-state index in [1.165, 1.54) is 38.5 Å². The lowest BCUT2D eigenvalue weighted by molar-refractivity contribution is -0.133. The van der Waals surface area contributed by atoms with Gasteiger partial charge in [0.15, 0.2) is 0 Å². The smallest absolute Gasteiger partial charge is 0.242 e. The summed E-state index contributed by atoms with van der Waals surface area (Å²) >= 11 is 0. The van der Waals surface area contributed by atoms with Gasteiger partial charge >= 0.3 is 0 Å². The Kier molecular flexibility index (Phi) is 10.5. The van der Waals surface area contributed by atoms with Crippen LogP contribution in [0.4, 0.5) is 0 Å². The molecule has 0 heterocycles. The molecule has 1 aliphatic rings. The summed E-state index contributed by atoms with van der Waals surface area (Å²) in [4.78, 5) is 23.8. The number of hydrogen-bond acceptors (Lipinski definition) is 3. The molecule has 0 saturated heterocycles. The molecule has 0 aliphatic heterocycles. The quantitative estimate of drug-likeness (QED) is 0.510. The summed E-state index contributed by atoms with van der Waals surface area (Å²) in [5, 5.41) is 9.14. The SMILES string of the molecule is CC(NC(=O)C(C)(C)C)C(=O)NCCNC1CCCCCC1.Cl. The topological polar surface area (TPSA) is 70.2 Å². The van der Waals surface area contributed by atoms with Crippen LogP contribution in [0, 0.1) is 5.41 Å². The summed E-state index contributed by atoms with van der Waals surface area (Å²) in [6.45, 7) is 8.62. The zero-order valence-electron chi connectivity index (χ0n) is 15.0. The van der Waals surface area contributed by atoms with Crippen LogP contribution in [-0.4, -0.2) is 37.0 Å². The van der Waals surface area contributed by atoms with Crippen LogP contribution in [-0.2, 0) is 9.59 Å². The Morgan fingerprint density at radius 1 is 1.04 bits per heavy atom. The molecule has 1 unspecified atom stereocenters. The molecule has 1 rings (SSSR count). The summed E-state index contributed by atoms with van der Waals surface area (Å²) in [6.07, 6.45) is 7.79. The Labute approximate surface area is 147 Å². The van der Waals surface area contributed by atoms with Crippen molar-refractivity contribution in [1.29, 1.82) is 0 Å². The molecule has 0 aromatic carbocycles. The third kappa shape index (κ3) is 9.16. The predicted octanol–water partition coefficient (Wildman–Crippen LogP) is 2.39. The number of halogens is 1. The number of carbonyl (C=O) groups is 2. The van der Waals surface area contributed by atoms with E-state index in [4.69, 9.17) is 0 Å². The molecule has 5 nitrogen and oxygen atoms in total. The zero-order chi connectivity index (χ0) is 16.6. The van der Waals surface area contributed by atoms with Gasteiger partial charge in [-0.15, -0.1) is 12.4 Å². The van der Waals surface area contributed by atoms with Gasteiger partial charge in [-0.1, -0.05) is 46.5 Å². The molecule has 3 N–H and O–H groups in total. The first-order chi connectivity index (χ1) is 10.3. The third-order valence-corrected chi connectivity index (χ3v) is 4.13. The largest absolute Gasteiger partial charge is 0.353 e. The van der Waals surface area contributed by atoms with Crippen LogP contribution in [0.3, 0.4) is 0 Å². The summed E-state index contributed by atoms with van der Waals surface area (Å²) in [5.41, 5.74) is -0.477. The molecule has 1 atom stereocenters. The van der Waals surface area contributed by atoms with Crippen LogP contribution in [0.15, 0.2) is 0 Å². The maximum Gasteiger partial charge on any atom is 0.242 e. The highest BCUT2D eigenvalue weighted by atomic mass is 35.5. The van der Waals surface area contributed by atoms with Crippen LogP contribution in [0.25, 0.3) is 0 Å². The van der Waals surface area contributed by atoms with Crippen molar-refractivity contribution in [2.24, 2.45) is 5.41 Å². The molecule has 0 aromatic heterocycles. The molecule has 1 fully saturated rings. The van der Waals surface area contributed by atoms with E-state index >= 15 is 0 Å². The fourth-order valence-electron chi connectivity index (χ4n) is 2.58. The number of rotatable bonds is 6. The Balaban J connectivity index is 0.00000484. The molecule has 2 amide bonds. The van der Waals surface area contributed by atoms with E-state index < -0.39 is 11.5 Å². The van der Waals surface area contributed by atoms with Gasteiger partial charge in [0.25, 0.3) is 0 Å². The van der Waals surface area contributed by atoms with Gasteiger partial charge in [-0.3, -0.25) is 9.59 Å². The second-order valence-electron chi connectivity index (χ2n) is 7.38. The van der Waals surface area contributed by atoms with Gasteiger partial charge in [-0.2, -0.15) is 0 Å². The fourth-order valence-corrected chi connectivity index (χ4v) is 2.58. The molecule has 0 bridgehead atoms. The Bertz CT molecular complexity index is 361. The van der Waals surface area contributed by atoms with Crippen molar-refractivity contribution in [3.8, 4) is 0 Å². The van der Waals surface area contributed by atoms with Crippen molar-refractivity contribution in [2.45, 2.75) is 78.3 Å². The summed E-state index contributed by atoms with van der Waals surface area (Å²) in [6, 6.07) is 0.0991. The van der Waals surface area contributed by atoms with Crippen LogP contribution in [0.5, 0.6) is 0 Å². The van der Waals surface area contributed by atoms with E-state index in [0.717, 1.165) is 6.54 Å². The first-order valence-electron chi connectivity index (χ1n) is 8.63. The van der Waals surface area contributed by atoms with Gasteiger partial charge in [0.2, 0.25) is 11.8 Å². The van der Waals surface area contributed by atoms with E-state index in [1.54, 1.807) is 6.92 Å². The molecule has 23 heavy (non-hydrogen) atoms. The molecule has 136 valence electrons. The lowest BCUT2D eigenvalue weighted by atomic mass is 9.95. The molecule has 0 radical (unpaired) electrons. The molecular weight excluding hydrogens is 314 g/mol. The maximum absolute atomic E-state index is 12.0. The van der Waals surface area contributed by atoms with E-state index in [9.17, 15) is 9.59 Å². The van der Waals surface area contributed by atoms with Gasteiger partial charge in [-0.05, 0) is 19.8 Å². The van der Waals surface area contributed by atoms with Crippen molar-refractivity contribution in [2.75, 3.05) is 13.1 Å². The van der Waals surface area contributed by atoms with Crippen molar-refractivity contribution >= 4 is 24.2 Å². The minimum absolute atomic E-state index is 0. The van der Waals surface area contributed by atoms with Crippen molar-refractivity contribution in [3.63, 3.8) is 0 Å². The van der Waals surface area contributed by atoms with Crippen LogP contribution >= 0.6 is 12.4 Å². The Morgan fingerprint density at radius 2 is 1.61 bits per heavy atom. The van der Waals surface area contributed by atoms with E-state index in [-0.39, 0.29) is 24.2 Å². The molecule has 1 saturated carbocycles. The minimum atomic E-state index is -0.496. The average molecular weight is 348 g/mol. The third-order valence-electron chi connectivity index (χ3n) is 4.13. The molecule has 0 spiro atoms. The average Bonchev–Trinajstić information content (AvgIpc) is 2.70. The number of nitrogens with one attached hydrogen (secondary N) is 3. The monoisotopic (exact) mass is 347 g/mol. The van der Waals surface area contributed by atoms with Gasteiger partial charge in [-0.25, -0.2) is 0 Å². The highest BCUT2D eigenvalue weighted by Crippen LogP contribution is 2.16. The molecule has 0 aromatic rings. The predicted molar refractivity (Wildman–Crippen MR) is 96.8 cm³/mol. The molecular formula is C17H34ClN3O2. The number of amides is 2. The lowest BCUT2D eigenvalue weighted by Crippen LogP contribution is -2.49. The Hall–Kier alpha value is -0.810. The molecule has 6 heteroatoms. The zero-order valence-corrected chi connectivity index (χ0v) is 15.9. The fraction of sp³-hybridized carbons (Fsp3) is 0.882. The van der Waals surface area contributed by atoms with Crippen LogP contribution in [0.2, 0.25) is 0 Å². The first kappa shape index (κ1) is 22.2. The van der Waals surface area contributed by atoms with Crippen molar-refractivity contribution < 1.29 is 9.59 Å².